The Hall–Kier alpha value is -2.69. The first-order chi connectivity index (χ1) is 12.4. The van der Waals surface area contributed by atoms with Gasteiger partial charge in [0, 0.05) is 24.3 Å². The van der Waals surface area contributed by atoms with E-state index in [0.29, 0.717) is 18.7 Å². The molecule has 136 valence electrons. The topological polar surface area (TPSA) is 49.4 Å². The van der Waals surface area contributed by atoms with Crippen molar-refractivity contribution in [3.8, 4) is 0 Å². The van der Waals surface area contributed by atoms with Crippen molar-refractivity contribution >= 4 is 17.5 Å². The van der Waals surface area contributed by atoms with Crippen LogP contribution in [0.2, 0.25) is 0 Å². The molecule has 0 radical (unpaired) electrons. The third-order valence-electron chi connectivity index (χ3n) is 4.95. The smallest absolute Gasteiger partial charge is 0.253 e. The molecule has 1 saturated heterocycles. The molecular weight excluding hydrogens is 331 g/mol. The third kappa shape index (κ3) is 4.10. The lowest BCUT2D eigenvalue weighted by atomic mass is 9.96. The highest BCUT2D eigenvalue weighted by Crippen LogP contribution is 2.21. The molecule has 26 heavy (non-hydrogen) atoms. The van der Waals surface area contributed by atoms with Crippen LogP contribution >= 0.6 is 0 Å². The van der Waals surface area contributed by atoms with E-state index in [9.17, 15) is 14.0 Å². The summed E-state index contributed by atoms with van der Waals surface area (Å²) in [7, 11) is 0. The first-order valence-corrected chi connectivity index (χ1v) is 8.87. The number of carbonyl (C=O) groups is 2. The van der Waals surface area contributed by atoms with Crippen molar-refractivity contribution < 1.29 is 14.0 Å². The number of hydrogen-bond donors (Lipinski definition) is 1. The number of halogens is 1. The first-order valence-electron chi connectivity index (χ1n) is 8.87. The molecule has 1 fully saturated rings. The minimum Gasteiger partial charge on any atom is -0.338 e. The molecule has 3 rings (SSSR count). The molecule has 0 aromatic heterocycles. The number of aryl methyl sites for hydroxylation is 2. The molecule has 1 N–H and O–H groups in total. The first kappa shape index (κ1) is 18.1. The lowest BCUT2D eigenvalue weighted by Gasteiger charge is -2.32. The van der Waals surface area contributed by atoms with Crippen molar-refractivity contribution in [3.63, 3.8) is 0 Å². The molecule has 1 aliphatic rings. The summed E-state index contributed by atoms with van der Waals surface area (Å²) in [6.45, 7) is 5.03. The van der Waals surface area contributed by atoms with Crippen LogP contribution in [0.15, 0.2) is 42.5 Å². The van der Waals surface area contributed by atoms with Gasteiger partial charge >= 0.3 is 0 Å². The number of rotatable bonds is 3. The van der Waals surface area contributed by atoms with Gasteiger partial charge in [0.15, 0.2) is 0 Å². The highest BCUT2D eigenvalue weighted by molar-refractivity contribution is 5.96. The van der Waals surface area contributed by atoms with E-state index in [1.165, 1.54) is 29.8 Å². The number of amides is 2. The van der Waals surface area contributed by atoms with Gasteiger partial charge in [-0.15, -0.1) is 0 Å². The summed E-state index contributed by atoms with van der Waals surface area (Å²) >= 11 is 0. The Morgan fingerprint density at radius 1 is 1.08 bits per heavy atom. The van der Waals surface area contributed by atoms with Gasteiger partial charge in [-0.3, -0.25) is 9.59 Å². The number of piperidine rings is 1. The zero-order chi connectivity index (χ0) is 18.7. The maximum Gasteiger partial charge on any atom is 0.253 e. The molecule has 4 nitrogen and oxygen atoms in total. The Bertz CT molecular complexity index is 817. The lowest BCUT2D eigenvalue weighted by molar-refractivity contribution is -0.121. The van der Waals surface area contributed by atoms with Crippen LogP contribution in [0, 0.1) is 25.6 Å². The summed E-state index contributed by atoms with van der Waals surface area (Å²) in [6.07, 6.45) is 1.53. The summed E-state index contributed by atoms with van der Waals surface area (Å²) in [4.78, 5) is 26.9. The summed E-state index contributed by atoms with van der Waals surface area (Å²) in [5.41, 5.74) is 3.53. The Labute approximate surface area is 153 Å². The predicted octanol–water partition coefficient (Wildman–Crippen LogP) is 3.93. The molecule has 5 heteroatoms. The van der Waals surface area contributed by atoms with E-state index >= 15 is 0 Å². The molecule has 2 aromatic carbocycles. The molecular formula is C21H23FN2O2. The van der Waals surface area contributed by atoms with Gasteiger partial charge < -0.3 is 10.2 Å². The molecule has 1 aliphatic heterocycles. The van der Waals surface area contributed by atoms with Gasteiger partial charge in [0.05, 0.1) is 5.92 Å². The van der Waals surface area contributed by atoms with Crippen LogP contribution in [0.1, 0.15) is 34.3 Å². The monoisotopic (exact) mass is 354 g/mol. The summed E-state index contributed by atoms with van der Waals surface area (Å²) < 4.78 is 13.0. The molecule has 0 unspecified atom stereocenters. The van der Waals surface area contributed by atoms with Gasteiger partial charge in [0.25, 0.3) is 5.91 Å². The fourth-order valence-electron chi connectivity index (χ4n) is 3.21. The van der Waals surface area contributed by atoms with Crippen LogP contribution in [-0.2, 0) is 4.79 Å². The highest BCUT2D eigenvalue weighted by atomic mass is 19.1. The highest BCUT2D eigenvalue weighted by Gasteiger charge is 2.29. The average molecular weight is 354 g/mol. The van der Waals surface area contributed by atoms with Crippen molar-refractivity contribution in [1.29, 1.82) is 0 Å². The van der Waals surface area contributed by atoms with E-state index < -0.39 is 0 Å². The van der Waals surface area contributed by atoms with E-state index in [1.807, 2.05) is 32.0 Å². The number of nitrogens with one attached hydrogen (secondary N) is 1. The normalized spacial score (nSPS) is 17.0. The predicted molar refractivity (Wildman–Crippen MR) is 99.6 cm³/mol. The van der Waals surface area contributed by atoms with Crippen molar-refractivity contribution in [1.82, 2.24) is 4.90 Å². The Morgan fingerprint density at radius 2 is 1.81 bits per heavy atom. The van der Waals surface area contributed by atoms with Crippen LogP contribution in [-0.4, -0.2) is 29.8 Å². The Balaban J connectivity index is 1.65. The maximum atomic E-state index is 13.0. The second-order valence-electron chi connectivity index (χ2n) is 6.89. The van der Waals surface area contributed by atoms with Gasteiger partial charge in [-0.1, -0.05) is 6.07 Å². The number of carbonyl (C=O) groups excluding carboxylic acids is 2. The molecule has 1 atom stereocenters. The van der Waals surface area contributed by atoms with E-state index in [-0.39, 0.29) is 23.5 Å². The summed E-state index contributed by atoms with van der Waals surface area (Å²) in [6, 6.07) is 11.4. The molecule has 1 heterocycles. The standard InChI is InChI=1S/C21H23FN2O2/c1-14-5-10-19(12-15(14)2)23-20(25)17-4-3-11-24(13-17)21(26)16-6-8-18(22)9-7-16/h5-10,12,17H,3-4,11,13H2,1-2H3,(H,23,25)/t17-/m0/s1. The zero-order valence-corrected chi connectivity index (χ0v) is 15.1. The fraction of sp³-hybridized carbons (Fsp3) is 0.333. The number of benzene rings is 2. The number of likely N-dealkylation sites (tertiary alicyclic amines) is 1. The maximum absolute atomic E-state index is 13.0. The van der Waals surface area contributed by atoms with Gasteiger partial charge in [0.1, 0.15) is 5.82 Å². The van der Waals surface area contributed by atoms with Crippen LogP contribution in [0.25, 0.3) is 0 Å². The van der Waals surface area contributed by atoms with Crippen molar-refractivity contribution in [2.45, 2.75) is 26.7 Å². The molecule has 0 saturated carbocycles. The van der Waals surface area contributed by atoms with E-state index in [4.69, 9.17) is 0 Å². The largest absolute Gasteiger partial charge is 0.338 e. The van der Waals surface area contributed by atoms with Crippen LogP contribution in [0.5, 0.6) is 0 Å². The molecule has 0 aliphatic carbocycles. The summed E-state index contributed by atoms with van der Waals surface area (Å²) in [5.74, 6) is -0.834. The second kappa shape index (κ2) is 7.68. The van der Waals surface area contributed by atoms with Gasteiger partial charge in [-0.2, -0.15) is 0 Å². The fourth-order valence-corrected chi connectivity index (χ4v) is 3.21. The molecule has 2 amide bonds. The zero-order valence-electron chi connectivity index (χ0n) is 15.1. The minimum atomic E-state index is -0.370. The minimum absolute atomic E-state index is 0.0649. The van der Waals surface area contributed by atoms with Crippen molar-refractivity contribution in [3.05, 3.63) is 65.0 Å². The SMILES string of the molecule is Cc1ccc(NC(=O)[C@H]2CCCN(C(=O)c3ccc(F)cc3)C2)cc1C. The quantitative estimate of drug-likeness (QED) is 0.908. The number of anilines is 1. The van der Waals surface area contributed by atoms with Gasteiger partial charge in [0.2, 0.25) is 5.91 Å². The average Bonchev–Trinajstić information content (AvgIpc) is 2.65. The van der Waals surface area contributed by atoms with Gasteiger partial charge in [-0.25, -0.2) is 4.39 Å². The Kier molecular flexibility index (Phi) is 5.35. The molecule has 2 aromatic rings. The second-order valence-corrected chi connectivity index (χ2v) is 6.89. The van der Waals surface area contributed by atoms with Crippen LogP contribution in [0.4, 0.5) is 10.1 Å². The van der Waals surface area contributed by atoms with E-state index in [1.54, 1.807) is 4.90 Å². The molecule has 0 bridgehead atoms. The number of hydrogen-bond acceptors (Lipinski definition) is 2. The van der Waals surface area contributed by atoms with Crippen LogP contribution in [0.3, 0.4) is 0 Å². The third-order valence-corrected chi connectivity index (χ3v) is 4.95. The van der Waals surface area contributed by atoms with Gasteiger partial charge in [-0.05, 0) is 74.2 Å². The van der Waals surface area contributed by atoms with Crippen molar-refractivity contribution in [2.75, 3.05) is 18.4 Å². The Morgan fingerprint density at radius 3 is 2.50 bits per heavy atom. The van der Waals surface area contributed by atoms with E-state index in [0.717, 1.165) is 24.1 Å². The van der Waals surface area contributed by atoms with Crippen molar-refractivity contribution in [2.24, 2.45) is 5.92 Å². The summed E-state index contributed by atoms with van der Waals surface area (Å²) in [5, 5.41) is 2.96. The lowest BCUT2D eigenvalue weighted by Crippen LogP contribution is -2.43. The molecule has 0 spiro atoms. The number of nitrogens with zero attached hydrogens (tertiary/aromatic N) is 1. The van der Waals surface area contributed by atoms with E-state index in [2.05, 4.69) is 5.32 Å². The van der Waals surface area contributed by atoms with Crippen LogP contribution < -0.4 is 5.32 Å².